The molecule has 1 aromatic carbocycles. The zero-order valence-corrected chi connectivity index (χ0v) is 9.94. The third-order valence-electron chi connectivity index (χ3n) is 3.31. The number of halogens is 1. The zero-order chi connectivity index (χ0) is 12.5. The second-order valence-corrected chi connectivity index (χ2v) is 4.44. The molecule has 1 aliphatic rings. The number of hydrogen-bond donors (Lipinski definition) is 1. The van der Waals surface area contributed by atoms with E-state index in [9.17, 15) is 4.39 Å². The minimum Gasteiger partial charge on any atom is -0.345 e. The van der Waals surface area contributed by atoms with Gasteiger partial charge in [-0.3, -0.25) is 0 Å². The van der Waals surface area contributed by atoms with Crippen LogP contribution < -0.4 is 10.6 Å². The normalized spacial score (nSPS) is 13.8. The maximum absolute atomic E-state index is 14.2. The van der Waals surface area contributed by atoms with Crippen molar-refractivity contribution in [3.63, 3.8) is 0 Å². The lowest BCUT2D eigenvalue weighted by Crippen LogP contribution is -2.18. The Bertz CT molecular complexity index is 558. The maximum atomic E-state index is 14.2. The molecular weight excluding hydrogens is 229 g/mol. The number of fused-ring (bicyclic) bond motifs is 1. The molecule has 2 aromatic rings. The highest BCUT2D eigenvalue weighted by Crippen LogP contribution is 2.29. The molecule has 0 aliphatic carbocycles. The summed E-state index contributed by atoms with van der Waals surface area (Å²) in [6.45, 7) is 1.60. The molecule has 18 heavy (non-hydrogen) atoms. The number of aromatic nitrogens is 1. The first-order valence-electron chi connectivity index (χ1n) is 5.95. The van der Waals surface area contributed by atoms with Gasteiger partial charge >= 0.3 is 0 Å². The van der Waals surface area contributed by atoms with Crippen molar-refractivity contribution >= 4 is 5.82 Å². The molecule has 0 spiro atoms. The highest BCUT2D eigenvalue weighted by atomic mass is 19.1. The SMILES string of the molecule is NCc1ccnc(N2Cc3ccccc3C2)c1F. The zero-order valence-electron chi connectivity index (χ0n) is 9.94. The van der Waals surface area contributed by atoms with Crippen molar-refractivity contribution in [1.29, 1.82) is 0 Å². The molecule has 0 fully saturated rings. The lowest BCUT2D eigenvalue weighted by molar-refractivity contribution is 0.595. The second-order valence-electron chi connectivity index (χ2n) is 4.44. The number of hydrogen-bond acceptors (Lipinski definition) is 3. The largest absolute Gasteiger partial charge is 0.345 e. The van der Waals surface area contributed by atoms with Gasteiger partial charge in [0.1, 0.15) is 0 Å². The Morgan fingerprint density at radius 3 is 2.44 bits per heavy atom. The molecule has 0 amide bonds. The lowest BCUT2D eigenvalue weighted by atomic mass is 10.1. The van der Waals surface area contributed by atoms with E-state index in [1.54, 1.807) is 12.3 Å². The molecule has 1 aliphatic heterocycles. The van der Waals surface area contributed by atoms with E-state index in [1.807, 2.05) is 17.0 Å². The van der Waals surface area contributed by atoms with Gasteiger partial charge in [-0.05, 0) is 17.2 Å². The molecule has 1 aromatic heterocycles. The summed E-state index contributed by atoms with van der Waals surface area (Å²) in [5.74, 6) is 0.0990. The maximum Gasteiger partial charge on any atom is 0.170 e. The van der Waals surface area contributed by atoms with E-state index in [0.717, 1.165) is 0 Å². The lowest BCUT2D eigenvalue weighted by Gasteiger charge is -2.18. The third kappa shape index (κ3) is 1.75. The predicted molar refractivity (Wildman–Crippen MR) is 68.4 cm³/mol. The summed E-state index contributed by atoms with van der Waals surface area (Å²) in [6, 6.07) is 9.77. The second kappa shape index (κ2) is 4.38. The first kappa shape index (κ1) is 11.2. The van der Waals surface area contributed by atoms with Gasteiger partial charge < -0.3 is 10.6 Å². The first-order valence-corrected chi connectivity index (χ1v) is 5.95. The van der Waals surface area contributed by atoms with Crippen LogP contribution in [-0.2, 0) is 19.6 Å². The Morgan fingerprint density at radius 1 is 1.17 bits per heavy atom. The van der Waals surface area contributed by atoms with Gasteiger partial charge in [0.25, 0.3) is 0 Å². The summed E-state index contributed by atoms with van der Waals surface area (Å²) in [5, 5.41) is 0. The molecule has 0 saturated carbocycles. The summed E-state index contributed by atoms with van der Waals surface area (Å²) in [4.78, 5) is 6.09. The highest BCUT2D eigenvalue weighted by molar-refractivity contribution is 5.49. The van der Waals surface area contributed by atoms with E-state index < -0.39 is 0 Å². The highest BCUT2D eigenvalue weighted by Gasteiger charge is 2.22. The average molecular weight is 243 g/mol. The van der Waals surface area contributed by atoms with Gasteiger partial charge in [0.2, 0.25) is 0 Å². The van der Waals surface area contributed by atoms with Crippen LogP contribution in [0, 0.1) is 5.82 Å². The molecule has 2 N–H and O–H groups in total. The molecule has 2 heterocycles. The molecule has 3 nitrogen and oxygen atoms in total. The smallest absolute Gasteiger partial charge is 0.170 e. The molecule has 3 rings (SSSR count). The molecular formula is C14H14FN3. The van der Waals surface area contributed by atoms with Crippen LogP contribution in [0.2, 0.25) is 0 Å². The topological polar surface area (TPSA) is 42.1 Å². The minimum absolute atomic E-state index is 0.197. The number of rotatable bonds is 2. The molecule has 0 unspecified atom stereocenters. The average Bonchev–Trinajstić information content (AvgIpc) is 2.82. The van der Waals surface area contributed by atoms with Crippen molar-refractivity contribution in [2.75, 3.05) is 4.90 Å². The van der Waals surface area contributed by atoms with Gasteiger partial charge in [-0.25, -0.2) is 9.37 Å². The Balaban J connectivity index is 1.95. The van der Waals surface area contributed by atoms with Crippen LogP contribution in [0.15, 0.2) is 36.5 Å². The van der Waals surface area contributed by atoms with Gasteiger partial charge in [-0.15, -0.1) is 0 Å². The molecule has 4 heteroatoms. The first-order chi connectivity index (χ1) is 8.79. The number of nitrogens with zero attached hydrogens (tertiary/aromatic N) is 2. The Hall–Kier alpha value is -1.94. The predicted octanol–water partition coefficient (Wildman–Crippen LogP) is 2.20. The Kier molecular flexibility index (Phi) is 2.72. The minimum atomic E-state index is -0.298. The molecule has 0 atom stereocenters. The number of anilines is 1. The van der Waals surface area contributed by atoms with Gasteiger partial charge in [0.15, 0.2) is 11.6 Å². The fraction of sp³-hybridized carbons (Fsp3) is 0.214. The van der Waals surface area contributed by atoms with Gasteiger partial charge in [0.05, 0.1) is 0 Å². The van der Waals surface area contributed by atoms with E-state index in [-0.39, 0.29) is 12.4 Å². The summed E-state index contributed by atoms with van der Waals surface area (Å²) in [5.41, 5.74) is 8.49. The Morgan fingerprint density at radius 2 is 1.83 bits per heavy atom. The van der Waals surface area contributed by atoms with Crippen molar-refractivity contribution in [2.24, 2.45) is 5.73 Å². The molecule has 0 bridgehead atoms. The van der Waals surface area contributed by atoms with Crippen molar-refractivity contribution in [2.45, 2.75) is 19.6 Å². The van der Waals surface area contributed by atoms with E-state index in [1.165, 1.54) is 11.1 Å². The Labute approximate surface area is 105 Å². The van der Waals surface area contributed by atoms with Gasteiger partial charge in [-0.1, -0.05) is 24.3 Å². The number of nitrogens with two attached hydrogens (primary N) is 1. The summed E-state index contributed by atoms with van der Waals surface area (Å²) < 4.78 is 14.2. The van der Waals surface area contributed by atoms with Gasteiger partial charge in [0, 0.05) is 31.4 Å². The summed E-state index contributed by atoms with van der Waals surface area (Å²) >= 11 is 0. The number of pyridine rings is 1. The molecule has 0 radical (unpaired) electrons. The summed E-state index contributed by atoms with van der Waals surface area (Å²) in [6.07, 6.45) is 1.61. The standard InChI is InChI=1S/C14H14FN3/c15-13-10(7-16)5-6-17-14(13)18-8-11-3-1-2-4-12(11)9-18/h1-6H,7-9,16H2. The monoisotopic (exact) mass is 243 g/mol. The number of benzene rings is 1. The quantitative estimate of drug-likeness (QED) is 0.879. The van der Waals surface area contributed by atoms with Crippen LogP contribution in [0.25, 0.3) is 0 Å². The van der Waals surface area contributed by atoms with E-state index in [2.05, 4.69) is 17.1 Å². The third-order valence-corrected chi connectivity index (χ3v) is 3.31. The van der Waals surface area contributed by atoms with E-state index >= 15 is 0 Å². The van der Waals surface area contributed by atoms with Crippen molar-refractivity contribution in [1.82, 2.24) is 4.98 Å². The van der Waals surface area contributed by atoms with Crippen molar-refractivity contribution in [3.8, 4) is 0 Å². The van der Waals surface area contributed by atoms with Crippen LogP contribution in [0.5, 0.6) is 0 Å². The van der Waals surface area contributed by atoms with Crippen LogP contribution >= 0.6 is 0 Å². The summed E-state index contributed by atoms with van der Waals surface area (Å²) in [7, 11) is 0. The van der Waals surface area contributed by atoms with E-state index in [4.69, 9.17) is 5.73 Å². The van der Waals surface area contributed by atoms with Gasteiger partial charge in [-0.2, -0.15) is 0 Å². The fourth-order valence-corrected chi connectivity index (χ4v) is 2.33. The fourth-order valence-electron chi connectivity index (χ4n) is 2.33. The van der Waals surface area contributed by atoms with E-state index in [0.29, 0.717) is 24.5 Å². The van der Waals surface area contributed by atoms with Crippen LogP contribution in [0.4, 0.5) is 10.2 Å². The van der Waals surface area contributed by atoms with Crippen LogP contribution in [-0.4, -0.2) is 4.98 Å². The molecule has 0 saturated heterocycles. The van der Waals surface area contributed by atoms with Crippen LogP contribution in [0.3, 0.4) is 0 Å². The van der Waals surface area contributed by atoms with Crippen LogP contribution in [0.1, 0.15) is 16.7 Å². The molecule has 92 valence electrons. The van der Waals surface area contributed by atoms with Crippen molar-refractivity contribution < 1.29 is 4.39 Å². The van der Waals surface area contributed by atoms with Crippen molar-refractivity contribution in [3.05, 3.63) is 59.0 Å².